The minimum Gasteiger partial charge on any atom is -0.346 e. The van der Waals surface area contributed by atoms with E-state index < -0.39 is 17.5 Å². The highest BCUT2D eigenvalue weighted by molar-refractivity contribution is 6.14. The van der Waals surface area contributed by atoms with Crippen molar-refractivity contribution in [3.05, 3.63) is 36.0 Å². The van der Waals surface area contributed by atoms with Crippen LogP contribution < -0.4 is 5.32 Å². The van der Waals surface area contributed by atoms with Gasteiger partial charge in [0.15, 0.2) is 5.78 Å². The Bertz CT molecular complexity index is 920. The van der Waals surface area contributed by atoms with Crippen LogP contribution in [0.4, 0.5) is 4.79 Å². The first kappa shape index (κ1) is 16.7. The van der Waals surface area contributed by atoms with E-state index in [1.807, 2.05) is 28.8 Å². The van der Waals surface area contributed by atoms with Crippen LogP contribution in [0.5, 0.6) is 0 Å². The number of benzene rings is 1. The highest BCUT2D eigenvalue weighted by Gasteiger charge is 2.45. The molecule has 2 aromatic rings. The summed E-state index contributed by atoms with van der Waals surface area (Å²) in [5.41, 5.74) is 0.288. The average Bonchev–Trinajstić information content (AvgIpc) is 3.03. The van der Waals surface area contributed by atoms with Gasteiger partial charge in [0.25, 0.3) is 5.91 Å². The molecule has 1 aromatic heterocycles. The van der Waals surface area contributed by atoms with Crippen LogP contribution in [-0.2, 0) is 11.3 Å². The van der Waals surface area contributed by atoms with Gasteiger partial charge in [-0.3, -0.25) is 14.5 Å². The largest absolute Gasteiger partial charge is 0.346 e. The van der Waals surface area contributed by atoms with E-state index in [2.05, 4.69) is 11.4 Å². The molecule has 7 heteroatoms. The molecular formula is C18H18N4O3. The van der Waals surface area contributed by atoms with Gasteiger partial charge in [0.2, 0.25) is 0 Å². The fourth-order valence-electron chi connectivity index (χ4n) is 3.01. The number of nitriles is 1. The summed E-state index contributed by atoms with van der Waals surface area (Å²) in [6.07, 6.45) is 2.02. The van der Waals surface area contributed by atoms with Gasteiger partial charge in [-0.15, -0.1) is 0 Å². The predicted molar refractivity (Wildman–Crippen MR) is 90.8 cm³/mol. The van der Waals surface area contributed by atoms with Crippen molar-refractivity contribution in [1.82, 2.24) is 14.8 Å². The highest BCUT2D eigenvalue weighted by Crippen LogP contribution is 2.24. The second-order valence-corrected chi connectivity index (χ2v) is 6.53. The maximum absolute atomic E-state index is 12.8. The molecular weight excluding hydrogens is 320 g/mol. The predicted octanol–water partition coefficient (Wildman–Crippen LogP) is 2.07. The van der Waals surface area contributed by atoms with E-state index in [1.54, 1.807) is 20.0 Å². The topological polar surface area (TPSA) is 95.2 Å². The van der Waals surface area contributed by atoms with E-state index in [-0.39, 0.29) is 12.3 Å². The van der Waals surface area contributed by atoms with Gasteiger partial charge < -0.3 is 9.88 Å². The van der Waals surface area contributed by atoms with Gasteiger partial charge in [0.1, 0.15) is 5.54 Å². The molecule has 7 nitrogen and oxygen atoms in total. The smallest absolute Gasteiger partial charge is 0.325 e. The number of nitrogens with one attached hydrogen (secondary N) is 1. The maximum atomic E-state index is 12.8. The van der Waals surface area contributed by atoms with E-state index in [4.69, 9.17) is 5.26 Å². The second-order valence-electron chi connectivity index (χ2n) is 6.53. The number of aromatic nitrogens is 1. The van der Waals surface area contributed by atoms with E-state index in [1.165, 1.54) is 0 Å². The highest BCUT2D eigenvalue weighted by atomic mass is 16.2. The number of Topliss-reactive ketones (excluding diaryl/α,β-unsaturated/α-hetero) is 1. The lowest BCUT2D eigenvalue weighted by molar-refractivity contribution is -0.129. The lowest BCUT2D eigenvalue weighted by Crippen LogP contribution is -2.41. The minimum absolute atomic E-state index is 0.305. The first-order valence-electron chi connectivity index (χ1n) is 7.97. The van der Waals surface area contributed by atoms with Crippen molar-refractivity contribution in [2.75, 3.05) is 6.54 Å². The number of rotatable bonds is 5. The number of hydrogen-bond donors (Lipinski definition) is 1. The number of carbonyl (C=O) groups is 3. The van der Waals surface area contributed by atoms with Crippen LogP contribution >= 0.6 is 0 Å². The van der Waals surface area contributed by atoms with Gasteiger partial charge >= 0.3 is 6.03 Å². The van der Waals surface area contributed by atoms with Crippen LogP contribution in [0.15, 0.2) is 30.5 Å². The quantitative estimate of drug-likeness (QED) is 0.667. The van der Waals surface area contributed by atoms with Crippen LogP contribution in [0.1, 0.15) is 30.6 Å². The fourth-order valence-corrected chi connectivity index (χ4v) is 3.01. The minimum atomic E-state index is -1.00. The van der Waals surface area contributed by atoms with E-state index in [0.717, 1.165) is 15.8 Å². The Hall–Kier alpha value is -3.14. The number of urea groups is 1. The summed E-state index contributed by atoms with van der Waals surface area (Å²) in [5, 5.41) is 12.1. The Morgan fingerprint density at radius 2 is 2.00 bits per heavy atom. The number of para-hydroxylation sites is 1. The summed E-state index contributed by atoms with van der Waals surface area (Å²) in [6.45, 7) is 3.37. The van der Waals surface area contributed by atoms with Crippen molar-refractivity contribution in [1.29, 1.82) is 5.26 Å². The molecule has 2 heterocycles. The molecule has 1 aromatic carbocycles. The number of aryl methyl sites for hydroxylation is 1. The number of ketones is 1. The van der Waals surface area contributed by atoms with Crippen molar-refractivity contribution >= 4 is 28.6 Å². The molecule has 1 N–H and O–H groups in total. The first-order valence-corrected chi connectivity index (χ1v) is 7.97. The normalized spacial score (nSPS) is 16.1. The Balaban J connectivity index is 1.92. The van der Waals surface area contributed by atoms with E-state index in [0.29, 0.717) is 18.5 Å². The standard InChI is InChI=1S/C18H18N4O3/c1-18(2)16(24)22(17(25)20-18)11-15(23)13-10-21(9-5-8-19)14-7-4-3-6-12(13)14/h3-4,6-7,10H,5,9,11H2,1-2H3,(H,20,25). The van der Waals surface area contributed by atoms with Crippen LogP contribution in [0, 0.1) is 11.3 Å². The summed E-state index contributed by atoms with van der Waals surface area (Å²) in [4.78, 5) is 37.9. The van der Waals surface area contributed by atoms with Crippen LogP contribution in [-0.4, -0.2) is 39.3 Å². The van der Waals surface area contributed by atoms with Gasteiger partial charge in [0, 0.05) is 29.2 Å². The summed E-state index contributed by atoms with van der Waals surface area (Å²) in [7, 11) is 0. The lowest BCUT2D eigenvalue weighted by Gasteiger charge is -2.15. The zero-order valence-electron chi connectivity index (χ0n) is 14.1. The Kier molecular flexibility index (Phi) is 4.05. The number of carbonyl (C=O) groups excluding carboxylic acids is 3. The molecule has 0 spiro atoms. The van der Waals surface area contributed by atoms with Crippen LogP contribution in [0.2, 0.25) is 0 Å². The van der Waals surface area contributed by atoms with Crippen molar-refractivity contribution in [2.24, 2.45) is 0 Å². The van der Waals surface area contributed by atoms with E-state index in [9.17, 15) is 14.4 Å². The van der Waals surface area contributed by atoms with Gasteiger partial charge in [-0.1, -0.05) is 18.2 Å². The summed E-state index contributed by atoms with van der Waals surface area (Å²) in [5.74, 6) is -0.729. The molecule has 0 radical (unpaired) electrons. The first-order chi connectivity index (χ1) is 11.8. The van der Waals surface area contributed by atoms with Crippen molar-refractivity contribution < 1.29 is 14.4 Å². The number of hydrogen-bond acceptors (Lipinski definition) is 4. The molecule has 3 amide bonds. The number of nitrogens with zero attached hydrogens (tertiary/aromatic N) is 3. The molecule has 25 heavy (non-hydrogen) atoms. The lowest BCUT2D eigenvalue weighted by atomic mass is 10.1. The second kappa shape index (κ2) is 6.06. The zero-order valence-corrected chi connectivity index (χ0v) is 14.1. The molecule has 1 saturated heterocycles. The molecule has 3 rings (SSSR count). The molecule has 0 unspecified atom stereocenters. The van der Waals surface area contributed by atoms with Gasteiger partial charge in [-0.2, -0.15) is 5.26 Å². The number of amides is 3. The molecule has 1 fully saturated rings. The maximum Gasteiger partial charge on any atom is 0.325 e. The molecule has 0 saturated carbocycles. The molecule has 128 valence electrons. The summed E-state index contributed by atoms with van der Waals surface area (Å²) >= 11 is 0. The SMILES string of the molecule is CC1(C)NC(=O)N(CC(=O)c2cn(CCC#N)c3ccccc23)C1=O. The van der Waals surface area contributed by atoms with Crippen molar-refractivity contribution in [3.63, 3.8) is 0 Å². The summed E-state index contributed by atoms with van der Waals surface area (Å²) < 4.78 is 1.85. The monoisotopic (exact) mass is 338 g/mol. The van der Waals surface area contributed by atoms with Crippen molar-refractivity contribution in [3.8, 4) is 6.07 Å². The Morgan fingerprint density at radius 3 is 2.64 bits per heavy atom. The van der Waals surface area contributed by atoms with Crippen molar-refractivity contribution in [2.45, 2.75) is 32.4 Å². The van der Waals surface area contributed by atoms with Gasteiger partial charge in [0.05, 0.1) is 19.0 Å². The Morgan fingerprint density at radius 1 is 1.28 bits per heavy atom. The third-order valence-electron chi connectivity index (χ3n) is 4.30. The third-order valence-corrected chi connectivity index (χ3v) is 4.30. The van der Waals surface area contributed by atoms with Gasteiger partial charge in [-0.05, 0) is 19.9 Å². The number of fused-ring (bicyclic) bond motifs is 1. The molecule has 1 aliphatic heterocycles. The fraction of sp³-hybridized carbons (Fsp3) is 0.333. The van der Waals surface area contributed by atoms with Crippen LogP contribution in [0.3, 0.4) is 0 Å². The average molecular weight is 338 g/mol. The van der Waals surface area contributed by atoms with Gasteiger partial charge in [-0.25, -0.2) is 4.79 Å². The summed E-state index contributed by atoms with van der Waals surface area (Å²) in [6, 6.07) is 8.91. The molecule has 1 aliphatic rings. The molecule has 0 bridgehead atoms. The molecule has 0 aliphatic carbocycles. The van der Waals surface area contributed by atoms with E-state index >= 15 is 0 Å². The molecule has 0 atom stereocenters. The number of imide groups is 1. The third kappa shape index (κ3) is 2.87. The van der Waals surface area contributed by atoms with Crippen LogP contribution in [0.25, 0.3) is 10.9 Å². The Labute approximate surface area is 144 Å². The zero-order chi connectivity index (χ0) is 18.2.